The first-order valence-corrected chi connectivity index (χ1v) is 7.89. The Morgan fingerprint density at radius 2 is 1.80 bits per heavy atom. The molecule has 0 saturated carbocycles. The van der Waals surface area contributed by atoms with Crippen LogP contribution in [0.5, 0.6) is 0 Å². The number of hydrogen-bond donors (Lipinski definition) is 2. The number of halogens is 2. The molecule has 0 bridgehead atoms. The van der Waals surface area contributed by atoms with Crippen LogP contribution in [0.2, 0.25) is 0 Å². The number of primary amides is 1. The van der Waals surface area contributed by atoms with Crippen molar-refractivity contribution >= 4 is 17.6 Å². The van der Waals surface area contributed by atoms with Crippen LogP contribution in [0.1, 0.15) is 12.8 Å². The van der Waals surface area contributed by atoms with Crippen molar-refractivity contribution in [3.05, 3.63) is 54.1 Å². The van der Waals surface area contributed by atoms with Crippen LogP contribution < -0.4 is 11.1 Å². The van der Waals surface area contributed by atoms with E-state index in [2.05, 4.69) is 5.32 Å². The van der Waals surface area contributed by atoms with Crippen molar-refractivity contribution in [2.75, 3.05) is 11.9 Å². The van der Waals surface area contributed by atoms with E-state index >= 15 is 0 Å². The van der Waals surface area contributed by atoms with Crippen LogP contribution in [0.15, 0.2) is 42.5 Å². The number of rotatable bonds is 3. The Bertz CT molecular complexity index is 805. The van der Waals surface area contributed by atoms with Crippen molar-refractivity contribution in [3.63, 3.8) is 0 Å². The highest BCUT2D eigenvalue weighted by Gasteiger charge is 2.32. The van der Waals surface area contributed by atoms with Gasteiger partial charge in [0.25, 0.3) is 0 Å². The standard InChI is InChI=1S/C18H17F2N3O2/c19-13-6-2-7-14(20)16(13)11-4-1-5-12(10-11)22-18(25)23-9-3-8-15(23)17(21)24/h1-2,4-7,10,15H,3,8-9H2,(H2,21,24)(H,22,25). The van der Waals surface area contributed by atoms with Gasteiger partial charge in [0, 0.05) is 12.2 Å². The second-order valence-corrected chi connectivity index (χ2v) is 5.86. The van der Waals surface area contributed by atoms with E-state index in [-0.39, 0.29) is 5.56 Å². The lowest BCUT2D eigenvalue weighted by atomic mass is 10.0. The van der Waals surface area contributed by atoms with Gasteiger partial charge in [-0.15, -0.1) is 0 Å². The molecule has 1 heterocycles. The summed E-state index contributed by atoms with van der Waals surface area (Å²) in [7, 11) is 0. The number of carbonyl (C=O) groups is 2. The summed E-state index contributed by atoms with van der Waals surface area (Å²) in [4.78, 5) is 25.1. The number of carbonyl (C=O) groups excluding carboxylic acids is 2. The fraction of sp³-hybridized carbons (Fsp3) is 0.222. The van der Waals surface area contributed by atoms with Crippen LogP contribution in [-0.4, -0.2) is 29.4 Å². The van der Waals surface area contributed by atoms with Gasteiger partial charge in [-0.2, -0.15) is 0 Å². The number of amides is 3. The Labute approximate surface area is 143 Å². The molecule has 1 aliphatic rings. The molecule has 2 aromatic rings. The third-order valence-electron chi connectivity index (χ3n) is 4.21. The third kappa shape index (κ3) is 3.45. The van der Waals surface area contributed by atoms with E-state index in [1.165, 1.54) is 29.2 Å². The molecule has 1 aliphatic heterocycles. The Kier molecular flexibility index (Phi) is 4.65. The Balaban J connectivity index is 1.83. The van der Waals surface area contributed by atoms with Gasteiger partial charge >= 0.3 is 6.03 Å². The van der Waals surface area contributed by atoms with Crippen molar-refractivity contribution in [1.29, 1.82) is 0 Å². The second-order valence-electron chi connectivity index (χ2n) is 5.86. The van der Waals surface area contributed by atoms with Gasteiger partial charge in [-0.05, 0) is 42.7 Å². The maximum Gasteiger partial charge on any atom is 0.322 e. The predicted octanol–water partition coefficient (Wildman–Crippen LogP) is 3.11. The van der Waals surface area contributed by atoms with Crippen LogP contribution in [0.3, 0.4) is 0 Å². The zero-order chi connectivity index (χ0) is 18.0. The van der Waals surface area contributed by atoms with E-state index in [9.17, 15) is 18.4 Å². The summed E-state index contributed by atoms with van der Waals surface area (Å²) < 4.78 is 27.9. The van der Waals surface area contributed by atoms with Crippen LogP contribution in [-0.2, 0) is 4.79 Å². The van der Waals surface area contributed by atoms with Gasteiger partial charge in [0.2, 0.25) is 5.91 Å². The normalized spacial score (nSPS) is 16.7. The summed E-state index contributed by atoms with van der Waals surface area (Å²) in [5.74, 6) is -1.91. The molecular formula is C18H17F2N3O2. The van der Waals surface area contributed by atoms with Crippen LogP contribution in [0.25, 0.3) is 11.1 Å². The number of likely N-dealkylation sites (tertiary alicyclic amines) is 1. The Hall–Kier alpha value is -2.96. The van der Waals surface area contributed by atoms with E-state index in [0.717, 1.165) is 0 Å². The summed E-state index contributed by atoms with van der Waals surface area (Å²) in [6, 6.07) is 8.77. The average molecular weight is 345 g/mol. The summed E-state index contributed by atoms with van der Waals surface area (Å²) in [5.41, 5.74) is 5.83. The minimum Gasteiger partial charge on any atom is -0.368 e. The number of nitrogens with one attached hydrogen (secondary N) is 1. The van der Waals surface area contributed by atoms with Crippen molar-refractivity contribution < 1.29 is 18.4 Å². The quantitative estimate of drug-likeness (QED) is 0.897. The van der Waals surface area contributed by atoms with Gasteiger partial charge in [-0.1, -0.05) is 18.2 Å². The van der Waals surface area contributed by atoms with Crippen LogP contribution in [0.4, 0.5) is 19.3 Å². The van der Waals surface area contributed by atoms with E-state index in [1.54, 1.807) is 18.2 Å². The molecule has 3 rings (SSSR count). The molecule has 5 nitrogen and oxygen atoms in total. The Morgan fingerprint density at radius 1 is 1.12 bits per heavy atom. The lowest BCUT2D eigenvalue weighted by Crippen LogP contribution is -2.45. The highest BCUT2D eigenvalue weighted by molar-refractivity contribution is 5.94. The monoisotopic (exact) mass is 345 g/mol. The van der Waals surface area contributed by atoms with E-state index < -0.39 is 29.6 Å². The first kappa shape index (κ1) is 16.9. The molecule has 1 unspecified atom stereocenters. The molecule has 25 heavy (non-hydrogen) atoms. The van der Waals surface area contributed by atoms with Crippen molar-refractivity contribution in [3.8, 4) is 11.1 Å². The van der Waals surface area contributed by atoms with Crippen molar-refractivity contribution in [2.24, 2.45) is 5.73 Å². The van der Waals surface area contributed by atoms with Gasteiger partial charge in [-0.25, -0.2) is 13.6 Å². The maximum absolute atomic E-state index is 13.9. The van der Waals surface area contributed by atoms with E-state index in [0.29, 0.717) is 30.6 Å². The van der Waals surface area contributed by atoms with Crippen molar-refractivity contribution in [2.45, 2.75) is 18.9 Å². The molecule has 130 valence electrons. The first-order chi connectivity index (χ1) is 12.0. The second kappa shape index (κ2) is 6.88. The zero-order valence-electron chi connectivity index (χ0n) is 13.3. The lowest BCUT2D eigenvalue weighted by molar-refractivity contribution is -0.121. The van der Waals surface area contributed by atoms with E-state index in [1.807, 2.05) is 0 Å². The molecule has 2 aromatic carbocycles. The van der Waals surface area contributed by atoms with Gasteiger partial charge in [0.1, 0.15) is 17.7 Å². The fourth-order valence-corrected chi connectivity index (χ4v) is 3.03. The maximum atomic E-state index is 13.9. The molecule has 7 heteroatoms. The summed E-state index contributed by atoms with van der Waals surface area (Å²) >= 11 is 0. The molecule has 1 atom stereocenters. The SMILES string of the molecule is NC(=O)C1CCCN1C(=O)Nc1cccc(-c2c(F)cccc2F)c1. The number of hydrogen-bond acceptors (Lipinski definition) is 2. The lowest BCUT2D eigenvalue weighted by Gasteiger charge is -2.22. The molecule has 0 spiro atoms. The van der Waals surface area contributed by atoms with E-state index in [4.69, 9.17) is 5.73 Å². The number of nitrogens with two attached hydrogens (primary N) is 1. The highest BCUT2D eigenvalue weighted by Crippen LogP contribution is 2.28. The summed E-state index contributed by atoms with van der Waals surface area (Å²) in [5, 5.41) is 2.65. The van der Waals surface area contributed by atoms with Gasteiger partial charge in [0.15, 0.2) is 0 Å². The molecule has 1 saturated heterocycles. The van der Waals surface area contributed by atoms with Crippen LogP contribution in [0, 0.1) is 11.6 Å². The third-order valence-corrected chi connectivity index (χ3v) is 4.21. The smallest absolute Gasteiger partial charge is 0.322 e. The molecular weight excluding hydrogens is 328 g/mol. The van der Waals surface area contributed by atoms with Gasteiger partial charge in [-0.3, -0.25) is 4.79 Å². The Morgan fingerprint density at radius 3 is 2.48 bits per heavy atom. The highest BCUT2D eigenvalue weighted by atomic mass is 19.1. The average Bonchev–Trinajstić information content (AvgIpc) is 3.05. The molecule has 3 N–H and O–H groups in total. The molecule has 0 radical (unpaired) electrons. The molecule has 1 fully saturated rings. The molecule has 0 aliphatic carbocycles. The minimum atomic E-state index is -0.684. The number of urea groups is 1. The van der Waals surface area contributed by atoms with Crippen LogP contribution >= 0.6 is 0 Å². The summed E-state index contributed by atoms with van der Waals surface area (Å²) in [6.07, 6.45) is 1.23. The fourth-order valence-electron chi connectivity index (χ4n) is 3.03. The van der Waals surface area contributed by atoms with Gasteiger partial charge < -0.3 is 16.0 Å². The topological polar surface area (TPSA) is 75.4 Å². The molecule has 3 amide bonds. The number of anilines is 1. The largest absolute Gasteiger partial charge is 0.368 e. The number of nitrogens with zero attached hydrogens (tertiary/aromatic N) is 1. The van der Waals surface area contributed by atoms with Crippen molar-refractivity contribution in [1.82, 2.24) is 4.90 Å². The minimum absolute atomic E-state index is 0.158. The first-order valence-electron chi connectivity index (χ1n) is 7.89. The molecule has 0 aromatic heterocycles. The zero-order valence-corrected chi connectivity index (χ0v) is 13.3. The predicted molar refractivity (Wildman–Crippen MR) is 89.7 cm³/mol. The summed E-state index contributed by atoms with van der Waals surface area (Å²) in [6.45, 7) is 0.432. The number of benzene rings is 2. The van der Waals surface area contributed by atoms with Gasteiger partial charge in [0.05, 0.1) is 5.56 Å².